The third-order valence-electron chi connectivity index (χ3n) is 7.21. The Morgan fingerprint density at radius 3 is 1.48 bits per heavy atom. The molecule has 0 N–H and O–H groups in total. The van der Waals surface area contributed by atoms with Gasteiger partial charge in [-0.3, -0.25) is 0 Å². The average Bonchev–Trinajstić information content (AvgIpc) is 2.75. The van der Waals surface area contributed by atoms with Gasteiger partial charge in [0.2, 0.25) is 0 Å². The van der Waals surface area contributed by atoms with Crippen LogP contribution in [-0.2, 0) is 0 Å². The molecule has 0 rings (SSSR count). The Hall–Kier alpha value is -0.260. The van der Waals surface area contributed by atoms with E-state index in [2.05, 4.69) is 34.3 Å². The maximum Gasteiger partial charge on any atom is -0.0294 e. The van der Waals surface area contributed by atoms with E-state index in [0.717, 1.165) is 11.8 Å². The molecular weight excluding hydrogens is 372 g/mol. The van der Waals surface area contributed by atoms with Gasteiger partial charge in [0.15, 0.2) is 0 Å². The van der Waals surface area contributed by atoms with Crippen molar-refractivity contribution in [1.29, 1.82) is 0 Å². The lowest BCUT2D eigenvalue weighted by atomic mass is 9.83. The summed E-state index contributed by atoms with van der Waals surface area (Å²) in [6, 6.07) is 0. The van der Waals surface area contributed by atoms with Crippen LogP contribution in [0.5, 0.6) is 0 Å². The lowest BCUT2D eigenvalue weighted by Gasteiger charge is -2.22. The van der Waals surface area contributed by atoms with E-state index in [9.17, 15) is 0 Å². The first-order chi connectivity index (χ1) is 15.1. The van der Waals surface area contributed by atoms with Crippen molar-refractivity contribution in [2.24, 2.45) is 11.8 Å². The molecule has 31 heavy (non-hydrogen) atoms. The Morgan fingerprint density at radius 1 is 0.548 bits per heavy atom. The summed E-state index contributed by atoms with van der Waals surface area (Å²) in [5.41, 5.74) is 1.55. The van der Waals surface area contributed by atoms with Gasteiger partial charge in [0.05, 0.1) is 0 Å². The second kappa shape index (κ2) is 24.4. The highest BCUT2D eigenvalue weighted by Gasteiger charge is 2.15. The molecule has 0 bridgehead atoms. The third-order valence-corrected chi connectivity index (χ3v) is 7.21. The highest BCUT2D eigenvalue weighted by atomic mass is 14.2. The molecule has 0 saturated carbocycles. The average molecular weight is 435 g/mol. The monoisotopic (exact) mass is 434 g/mol. The normalized spacial score (nSPS) is 13.4. The molecular formula is C31H62. The molecule has 0 saturated heterocycles. The van der Waals surface area contributed by atoms with Gasteiger partial charge in [-0.2, -0.15) is 0 Å². The van der Waals surface area contributed by atoms with Crippen LogP contribution < -0.4 is 0 Å². The summed E-state index contributed by atoms with van der Waals surface area (Å²) < 4.78 is 0. The fourth-order valence-electron chi connectivity index (χ4n) is 5.14. The minimum absolute atomic E-state index is 0.897. The molecule has 0 spiro atoms. The summed E-state index contributed by atoms with van der Waals surface area (Å²) in [6.07, 6.45) is 32.5. The molecule has 186 valence electrons. The Bertz CT molecular complexity index is 355. The number of rotatable bonds is 25. The molecule has 0 aliphatic rings. The first kappa shape index (κ1) is 30.7. The van der Waals surface area contributed by atoms with Crippen molar-refractivity contribution in [3.05, 3.63) is 12.2 Å². The first-order valence-electron chi connectivity index (χ1n) is 14.8. The van der Waals surface area contributed by atoms with E-state index in [0.29, 0.717) is 0 Å². The summed E-state index contributed by atoms with van der Waals surface area (Å²) in [5.74, 6) is 1.80. The Morgan fingerprint density at radius 2 is 0.968 bits per heavy atom. The van der Waals surface area contributed by atoms with E-state index in [4.69, 9.17) is 0 Å². The van der Waals surface area contributed by atoms with Gasteiger partial charge >= 0.3 is 0 Å². The molecule has 0 heterocycles. The van der Waals surface area contributed by atoms with Crippen molar-refractivity contribution in [3.8, 4) is 0 Å². The minimum Gasteiger partial charge on any atom is -0.0999 e. The predicted octanol–water partition coefficient (Wildman–Crippen LogP) is 11.8. The number of allylic oxidation sites excluding steroid dienone is 1. The maximum atomic E-state index is 4.51. The molecule has 2 unspecified atom stereocenters. The highest BCUT2D eigenvalue weighted by molar-refractivity contribution is 4.96. The Balaban J connectivity index is 4.19. The van der Waals surface area contributed by atoms with Crippen molar-refractivity contribution >= 4 is 0 Å². The molecule has 0 nitrogen and oxygen atoms in total. The van der Waals surface area contributed by atoms with Crippen LogP contribution in [0.2, 0.25) is 0 Å². The quantitative estimate of drug-likeness (QED) is 0.0989. The molecule has 0 heteroatoms. The zero-order valence-electron chi connectivity index (χ0n) is 22.6. The van der Waals surface area contributed by atoms with Gasteiger partial charge in [0.1, 0.15) is 0 Å². The standard InChI is InChI=1S/C31H62/c1-6-9-12-15-18-21-24-29(4)27-31(26-23-20-17-14-11-8-3)28-30(5)25-22-19-16-13-10-7-2/h30-31H,4,6-28H2,1-3,5H3. The minimum atomic E-state index is 0.897. The van der Waals surface area contributed by atoms with Crippen LogP contribution >= 0.6 is 0 Å². The summed E-state index contributed by atoms with van der Waals surface area (Å²) in [6.45, 7) is 14.0. The van der Waals surface area contributed by atoms with Crippen LogP contribution in [0, 0.1) is 11.8 Å². The predicted molar refractivity (Wildman–Crippen MR) is 145 cm³/mol. The first-order valence-corrected chi connectivity index (χ1v) is 14.8. The van der Waals surface area contributed by atoms with Crippen molar-refractivity contribution in [2.75, 3.05) is 0 Å². The van der Waals surface area contributed by atoms with Gasteiger partial charge in [0.25, 0.3) is 0 Å². The van der Waals surface area contributed by atoms with E-state index in [1.54, 1.807) is 5.57 Å². The number of hydrogen-bond acceptors (Lipinski definition) is 0. The van der Waals surface area contributed by atoms with Crippen molar-refractivity contribution in [2.45, 2.75) is 175 Å². The van der Waals surface area contributed by atoms with Crippen LogP contribution in [0.4, 0.5) is 0 Å². The number of hydrogen-bond donors (Lipinski definition) is 0. The summed E-state index contributed by atoms with van der Waals surface area (Å²) in [5, 5.41) is 0. The zero-order valence-corrected chi connectivity index (χ0v) is 22.6. The SMILES string of the molecule is C=C(CCCCCCCC)CC(CCCCCCCC)CC(C)CCCCCCCC. The van der Waals surface area contributed by atoms with Gasteiger partial charge in [-0.05, 0) is 37.5 Å². The molecule has 0 aromatic carbocycles. The van der Waals surface area contributed by atoms with Gasteiger partial charge in [-0.15, -0.1) is 0 Å². The van der Waals surface area contributed by atoms with E-state index in [1.807, 2.05) is 0 Å². The summed E-state index contributed by atoms with van der Waals surface area (Å²) in [7, 11) is 0. The second-order valence-corrected chi connectivity index (χ2v) is 10.8. The molecule has 0 aromatic rings. The topological polar surface area (TPSA) is 0 Å². The largest absolute Gasteiger partial charge is 0.0999 e. The van der Waals surface area contributed by atoms with Crippen LogP contribution in [0.3, 0.4) is 0 Å². The molecule has 2 atom stereocenters. The smallest absolute Gasteiger partial charge is 0.0294 e. The maximum absolute atomic E-state index is 4.51. The lowest BCUT2D eigenvalue weighted by molar-refractivity contribution is 0.332. The van der Waals surface area contributed by atoms with Crippen LogP contribution in [-0.4, -0.2) is 0 Å². The van der Waals surface area contributed by atoms with Gasteiger partial charge in [-0.25, -0.2) is 0 Å². The Kier molecular flexibility index (Phi) is 24.2. The van der Waals surface area contributed by atoms with E-state index >= 15 is 0 Å². The van der Waals surface area contributed by atoms with Crippen molar-refractivity contribution in [3.63, 3.8) is 0 Å². The van der Waals surface area contributed by atoms with Crippen LogP contribution in [0.15, 0.2) is 12.2 Å². The van der Waals surface area contributed by atoms with E-state index in [-0.39, 0.29) is 0 Å². The summed E-state index contributed by atoms with van der Waals surface area (Å²) >= 11 is 0. The molecule has 0 aromatic heterocycles. The zero-order chi connectivity index (χ0) is 23.0. The Labute approximate surface area is 199 Å². The molecule has 0 radical (unpaired) electrons. The molecule has 0 fully saturated rings. The molecule has 0 aliphatic carbocycles. The third kappa shape index (κ3) is 22.7. The van der Waals surface area contributed by atoms with E-state index in [1.165, 1.54) is 148 Å². The highest BCUT2D eigenvalue weighted by Crippen LogP contribution is 2.29. The molecule has 0 aliphatic heterocycles. The lowest BCUT2D eigenvalue weighted by Crippen LogP contribution is -2.08. The van der Waals surface area contributed by atoms with Gasteiger partial charge in [-0.1, -0.05) is 162 Å². The van der Waals surface area contributed by atoms with Crippen molar-refractivity contribution < 1.29 is 0 Å². The van der Waals surface area contributed by atoms with E-state index < -0.39 is 0 Å². The molecule has 0 amide bonds. The van der Waals surface area contributed by atoms with Crippen LogP contribution in [0.1, 0.15) is 175 Å². The fourth-order valence-corrected chi connectivity index (χ4v) is 5.14. The fraction of sp³-hybridized carbons (Fsp3) is 0.935. The van der Waals surface area contributed by atoms with Crippen LogP contribution in [0.25, 0.3) is 0 Å². The van der Waals surface area contributed by atoms with Gasteiger partial charge < -0.3 is 0 Å². The summed E-state index contributed by atoms with van der Waals surface area (Å²) in [4.78, 5) is 0. The van der Waals surface area contributed by atoms with Gasteiger partial charge in [0, 0.05) is 0 Å². The number of unbranched alkanes of at least 4 members (excludes halogenated alkanes) is 15. The second-order valence-electron chi connectivity index (χ2n) is 10.8. The van der Waals surface area contributed by atoms with Crippen molar-refractivity contribution in [1.82, 2.24) is 0 Å².